The Morgan fingerprint density at radius 1 is 1.58 bits per heavy atom. The molecule has 0 radical (unpaired) electrons. The highest BCUT2D eigenvalue weighted by Gasteiger charge is 2.21. The molecule has 1 atom stereocenters. The maximum atomic E-state index is 12.2. The van der Waals surface area contributed by atoms with E-state index in [1.54, 1.807) is 19.2 Å². The lowest BCUT2D eigenvalue weighted by atomic mass is 10.1. The molecule has 19 heavy (non-hydrogen) atoms. The van der Waals surface area contributed by atoms with E-state index in [2.05, 4.69) is 0 Å². The van der Waals surface area contributed by atoms with Gasteiger partial charge in [0, 0.05) is 18.7 Å². The maximum absolute atomic E-state index is 12.2. The molecular weight excluding hydrogens is 246 g/mol. The van der Waals surface area contributed by atoms with Gasteiger partial charge in [-0.05, 0) is 12.1 Å². The lowest BCUT2D eigenvalue weighted by Gasteiger charge is -2.31. The fourth-order valence-corrected chi connectivity index (χ4v) is 2.13. The number of rotatable bonds is 5. The average Bonchev–Trinajstić information content (AvgIpc) is 2.47. The van der Waals surface area contributed by atoms with E-state index >= 15 is 0 Å². The molecule has 1 aromatic carbocycles. The number of methoxy groups -OCH3 is 1. The number of carbonyl (C=O) groups excluding carboxylic acids is 1. The van der Waals surface area contributed by atoms with E-state index in [-0.39, 0.29) is 18.5 Å². The molecule has 0 aliphatic carbocycles. The summed E-state index contributed by atoms with van der Waals surface area (Å²) in [5.74, 6) is 0.735. The Morgan fingerprint density at radius 2 is 2.42 bits per heavy atom. The molecule has 2 rings (SSSR count). The molecular formula is C14H19NO4. The summed E-state index contributed by atoms with van der Waals surface area (Å²) in [5.41, 5.74) is 0.645. The number of benzene rings is 1. The van der Waals surface area contributed by atoms with Crippen molar-refractivity contribution in [3.05, 3.63) is 29.8 Å². The zero-order valence-electron chi connectivity index (χ0n) is 11.0. The summed E-state index contributed by atoms with van der Waals surface area (Å²) >= 11 is 0. The highest BCUT2D eigenvalue weighted by Crippen LogP contribution is 2.14. The Kier molecular flexibility index (Phi) is 4.90. The van der Waals surface area contributed by atoms with Gasteiger partial charge in [0.1, 0.15) is 5.75 Å². The Morgan fingerprint density at radius 3 is 3.16 bits per heavy atom. The summed E-state index contributed by atoms with van der Waals surface area (Å²) in [6, 6.07) is 7.15. The number of ketones is 1. The molecule has 0 bridgehead atoms. The third-order valence-electron chi connectivity index (χ3n) is 3.19. The van der Waals surface area contributed by atoms with Crippen LogP contribution >= 0.6 is 0 Å². The van der Waals surface area contributed by atoms with Crippen LogP contribution in [-0.4, -0.2) is 61.9 Å². The second kappa shape index (κ2) is 6.65. The van der Waals surface area contributed by atoms with Gasteiger partial charge in [-0.3, -0.25) is 9.69 Å². The van der Waals surface area contributed by atoms with Crippen LogP contribution in [0.15, 0.2) is 24.3 Å². The quantitative estimate of drug-likeness (QED) is 0.789. The first-order chi connectivity index (χ1) is 9.22. The fourth-order valence-electron chi connectivity index (χ4n) is 2.13. The number of hydrogen-bond acceptors (Lipinski definition) is 5. The third kappa shape index (κ3) is 3.76. The van der Waals surface area contributed by atoms with Gasteiger partial charge in [0.05, 0.1) is 33.0 Å². The zero-order chi connectivity index (χ0) is 13.7. The minimum Gasteiger partial charge on any atom is -0.497 e. The molecule has 0 spiro atoms. The number of nitrogens with zero attached hydrogens (tertiary/aromatic N) is 1. The first-order valence-corrected chi connectivity index (χ1v) is 6.35. The molecule has 0 saturated carbocycles. The van der Waals surface area contributed by atoms with Crippen molar-refractivity contribution in [3.63, 3.8) is 0 Å². The minimum atomic E-state index is -0.188. The Balaban J connectivity index is 1.96. The molecule has 0 amide bonds. The van der Waals surface area contributed by atoms with E-state index < -0.39 is 0 Å². The molecule has 1 saturated heterocycles. The summed E-state index contributed by atoms with van der Waals surface area (Å²) in [7, 11) is 1.58. The van der Waals surface area contributed by atoms with E-state index in [9.17, 15) is 4.79 Å². The van der Waals surface area contributed by atoms with Gasteiger partial charge >= 0.3 is 0 Å². The monoisotopic (exact) mass is 265 g/mol. The Hall–Kier alpha value is -1.43. The number of hydrogen-bond donors (Lipinski definition) is 1. The van der Waals surface area contributed by atoms with Crippen LogP contribution in [0.5, 0.6) is 5.75 Å². The highest BCUT2D eigenvalue weighted by atomic mass is 16.5. The molecule has 1 N–H and O–H groups in total. The molecule has 1 aliphatic rings. The molecule has 104 valence electrons. The Labute approximate surface area is 112 Å². The van der Waals surface area contributed by atoms with Crippen LogP contribution in [-0.2, 0) is 4.74 Å². The largest absolute Gasteiger partial charge is 0.497 e. The summed E-state index contributed by atoms with van der Waals surface area (Å²) in [6.07, 6.45) is -0.188. The summed E-state index contributed by atoms with van der Waals surface area (Å²) in [5, 5.41) is 9.08. The van der Waals surface area contributed by atoms with Crippen LogP contribution in [0.1, 0.15) is 10.4 Å². The lowest BCUT2D eigenvalue weighted by Crippen LogP contribution is -2.45. The third-order valence-corrected chi connectivity index (χ3v) is 3.19. The number of Topliss-reactive ketones (excluding diaryl/α,β-unsaturated/α-hetero) is 1. The van der Waals surface area contributed by atoms with E-state index in [1.165, 1.54) is 0 Å². The molecule has 1 fully saturated rings. The van der Waals surface area contributed by atoms with Gasteiger partial charge in [0.25, 0.3) is 0 Å². The van der Waals surface area contributed by atoms with Crippen LogP contribution < -0.4 is 4.74 Å². The standard InChI is InChI=1S/C14H19NO4/c1-18-12-4-2-3-11(7-12)14(17)9-15-5-6-19-13(8-15)10-16/h2-4,7,13,16H,5-6,8-10H2,1H3. The summed E-state index contributed by atoms with van der Waals surface area (Å²) in [6.45, 7) is 2.19. The molecule has 1 aromatic rings. The van der Waals surface area contributed by atoms with Crippen molar-refractivity contribution < 1.29 is 19.4 Å². The van der Waals surface area contributed by atoms with E-state index in [4.69, 9.17) is 14.6 Å². The van der Waals surface area contributed by atoms with Crippen LogP contribution in [0.25, 0.3) is 0 Å². The molecule has 1 aliphatic heterocycles. The van der Waals surface area contributed by atoms with Crippen molar-refractivity contribution in [1.29, 1.82) is 0 Å². The number of carbonyl (C=O) groups is 1. The van der Waals surface area contributed by atoms with Crippen molar-refractivity contribution in [2.24, 2.45) is 0 Å². The smallest absolute Gasteiger partial charge is 0.176 e. The second-order valence-corrected chi connectivity index (χ2v) is 4.57. The van der Waals surface area contributed by atoms with Gasteiger partial charge in [-0.1, -0.05) is 12.1 Å². The highest BCUT2D eigenvalue weighted by molar-refractivity contribution is 5.97. The predicted octanol–water partition coefficient (Wildman–Crippen LogP) is 0.571. The van der Waals surface area contributed by atoms with E-state index in [1.807, 2.05) is 17.0 Å². The van der Waals surface area contributed by atoms with Crippen LogP contribution in [0.4, 0.5) is 0 Å². The molecule has 1 heterocycles. The molecule has 0 aromatic heterocycles. The van der Waals surface area contributed by atoms with Crippen molar-refractivity contribution in [2.75, 3.05) is 40.0 Å². The van der Waals surface area contributed by atoms with Crippen molar-refractivity contribution in [2.45, 2.75) is 6.10 Å². The van der Waals surface area contributed by atoms with Crippen LogP contribution in [0.2, 0.25) is 0 Å². The van der Waals surface area contributed by atoms with Gasteiger partial charge in [-0.2, -0.15) is 0 Å². The number of aliphatic hydroxyl groups excluding tert-OH is 1. The first kappa shape index (κ1) is 14.0. The van der Waals surface area contributed by atoms with Gasteiger partial charge < -0.3 is 14.6 Å². The Bertz CT molecular complexity index is 435. The fraction of sp³-hybridized carbons (Fsp3) is 0.500. The van der Waals surface area contributed by atoms with E-state index in [0.29, 0.717) is 37.6 Å². The van der Waals surface area contributed by atoms with Crippen molar-refractivity contribution in [3.8, 4) is 5.75 Å². The average molecular weight is 265 g/mol. The number of aliphatic hydroxyl groups is 1. The topological polar surface area (TPSA) is 59.0 Å². The molecule has 5 nitrogen and oxygen atoms in total. The number of ether oxygens (including phenoxy) is 2. The summed E-state index contributed by atoms with van der Waals surface area (Å²) < 4.78 is 10.5. The second-order valence-electron chi connectivity index (χ2n) is 4.57. The van der Waals surface area contributed by atoms with Gasteiger partial charge in [0.15, 0.2) is 5.78 Å². The predicted molar refractivity (Wildman–Crippen MR) is 70.6 cm³/mol. The van der Waals surface area contributed by atoms with E-state index in [0.717, 1.165) is 0 Å². The van der Waals surface area contributed by atoms with Crippen molar-refractivity contribution in [1.82, 2.24) is 4.90 Å². The van der Waals surface area contributed by atoms with Crippen LogP contribution in [0.3, 0.4) is 0 Å². The van der Waals surface area contributed by atoms with Gasteiger partial charge in [-0.25, -0.2) is 0 Å². The minimum absolute atomic E-state index is 0.0101. The van der Waals surface area contributed by atoms with Crippen molar-refractivity contribution >= 4 is 5.78 Å². The van der Waals surface area contributed by atoms with Gasteiger partial charge in [-0.15, -0.1) is 0 Å². The maximum Gasteiger partial charge on any atom is 0.176 e. The summed E-state index contributed by atoms with van der Waals surface area (Å²) in [4.78, 5) is 14.2. The molecule has 1 unspecified atom stereocenters. The molecule has 5 heteroatoms. The number of morpholine rings is 1. The first-order valence-electron chi connectivity index (χ1n) is 6.35. The zero-order valence-corrected chi connectivity index (χ0v) is 11.0. The van der Waals surface area contributed by atoms with Gasteiger partial charge in [0.2, 0.25) is 0 Å². The lowest BCUT2D eigenvalue weighted by molar-refractivity contribution is -0.0503. The SMILES string of the molecule is COc1cccc(C(=O)CN2CCOC(CO)C2)c1. The normalized spacial score (nSPS) is 20.2. The van der Waals surface area contributed by atoms with Crippen LogP contribution in [0, 0.1) is 0 Å².